The SMILES string of the molecule is Cc1noc(C)c1S(=O)(=O)NC(C)C(=O)Nc1ccccc1N. The van der Waals surface area contributed by atoms with E-state index >= 15 is 0 Å². The van der Waals surface area contributed by atoms with Gasteiger partial charge < -0.3 is 15.6 Å². The van der Waals surface area contributed by atoms with Gasteiger partial charge in [-0.2, -0.15) is 4.72 Å². The number of sulfonamides is 1. The number of nitrogens with zero attached hydrogens (tertiary/aromatic N) is 1. The van der Waals surface area contributed by atoms with Crippen molar-refractivity contribution in [1.29, 1.82) is 0 Å². The normalized spacial score (nSPS) is 12.8. The fraction of sp³-hybridized carbons (Fsp3) is 0.286. The van der Waals surface area contributed by atoms with Gasteiger partial charge >= 0.3 is 0 Å². The third-order valence-electron chi connectivity index (χ3n) is 3.18. The van der Waals surface area contributed by atoms with Gasteiger partial charge in [0.05, 0.1) is 17.4 Å². The van der Waals surface area contributed by atoms with E-state index in [-0.39, 0.29) is 16.3 Å². The Hall–Kier alpha value is -2.39. The molecule has 0 aliphatic rings. The van der Waals surface area contributed by atoms with Crippen LogP contribution in [0.4, 0.5) is 11.4 Å². The van der Waals surface area contributed by atoms with Gasteiger partial charge in [0, 0.05) is 0 Å². The monoisotopic (exact) mass is 338 g/mol. The lowest BCUT2D eigenvalue weighted by atomic mass is 10.2. The Labute approximate surface area is 134 Å². The van der Waals surface area contributed by atoms with Gasteiger partial charge in [0.1, 0.15) is 10.6 Å². The summed E-state index contributed by atoms with van der Waals surface area (Å²) < 4.78 is 31.9. The molecule has 0 aliphatic heterocycles. The van der Waals surface area contributed by atoms with Crippen LogP contribution in [0.25, 0.3) is 0 Å². The molecule has 2 rings (SSSR count). The third kappa shape index (κ3) is 3.69. The van der Waals surface area contributed by atoms with Gasteiger partial charge in [0.25, 0.3) is 0 Å². The molecule has 124 valence electrons. The van der Waals surface area contributed by atoms with Crippen molar-refractivity contribution in [3.05, 3.63) is 35.7 Å². The molecule has 23 heavy (non-hydrogen) atoms. The molecule has 0 saturated heterocycles. The molecule has 0 radical (unpaired) electrons. The van der Waals surface area contributed by atoms with Crippen LogP contribution >= 0.6 is 0 Å². The summed E-state index contributed by atoms with van der Waals surface area (Å²) in [6.45, 7) is 4.44. The van der Waals surface area contributed by atoms with Crippen molar-refractivity contribution in [2.45, 2.75) is 31.7 Å². The van der Waals surface area contributed by atoms with Crippen LogP contribution in [0.5, 0.6) is 0 Å². The standard InChI is InChI=1S/C14H18N4O4S/c1-8-13(10(3)22-17-8)23(20,21)18-9(2)14(19)16-12-7-5-4-6-11(12)15/h4-7,9,18H,15H2,1-3H3,(H,16,19). The number of amides is 1. The van der Waals surface area contributed by atoms with Crippen LogP contribution in [-0.2, 0) is 14.8 Å². The molecule has 1 aromatic carbocycles. The predicted molar refractivity (Wildman–Crippen MR) is 85.2 cm³/mol. The fourth-order valence-electron chi connectivity index (χ4n) is 2.06. The minimum Gasteiger partial charge on any atom is -0.397 e. The molecule has 1 unspecified atom stereocenters. The van der Waals surface area contributed by atoms with Crippen LogP contribution in [0, 0.1) is 13.8 Å². The van der Waals surface area contributed by atoms with Crippen molar-refractivity contribution in [2.24, 2.45) is 0 Å². The Morgan fingerprint density at radius 2 is 1.96 bits per heavy atom. The highest BCUT2D eigenvalue weighted by molar-refractivity contribution is 7.89. The first-order valence-corrected chi connectivity index (χ1v) is 8.31. The summed E-state index contributed by atoms with van der Waals surface area (Å²) in [5.41, 5.74) is 6.78. The van der Waals surface area contributed by atoms with E-state index in [1.54, 1.807) is 24.3 Å². The average Bonchev–Trinajstić information content (AvgIpc) is 2.80. The first-order valence-electron chi connectivity index (χ1n) is 6.83. The summed E-state index contributed by atoms with van der Waals surface area (Å²) in [5, 5.41) is 6.18. The maximum absolute atomic E-state index is 12.4. The quantitative estimate of drug-likeness (QED) is 0.702. The van der Waals surface area contributed by atoms with Gasteiger partial charge in [-0.15, -0.1) is 0 Å². The van der Waals surface area contributed by atoms with E-state index in [4.69, 9.17) is 10.3 Å². The van der Waals surface area contributed by atoms with Crippen LogP contribution in [0.2, 0.25) is 0 Å². The Bertz CT molecular complexity index is 810. The third-order valence-corrected chi connectivity index (χ3v) is 4.96. The molecule has 1 aromatic heterocycles. The molecule has 0 aliphatic carbocycles. The molecule has 1 heterocycles. The molecule has 0 saturated carbocycles. The number of carbonyl (C=O) groups excluding carboxylic acids is 1. The Balaban J connectivity index is 2.14. The number of anilines is 2. The molecule has 1 amide bonds. The zero-order chi connectivity index (χ0) is 17.2. The summed E-state index contributed by atoms with van der Waals surface area (Å²) in [5.74, 6) is -0.367. The first-order chi connectivity index (χ1) is 10.7. The molecule has 1 atom stereocenters. The molecular weight excluding hydrogens is 320 g/mol. The van der Waals surface area contributed by atoms with Crippen molar-refractivity contribution in [2.75, 3.05) is 11.1 Å². The number of hydrogen-bond acceptors (Lipinski definition) is 6. The molecule has 0 spiro atoms. The zero-order valence-electron chi connectivity index (χ0n) is 13.0. The summed E-state index contributed by atoms with van der Waals surface area (Å²) in [6, 6.07) is 5.70. The van der Waals surface area contributed by atoms with Gasteiger partial charge in [0.15, 0.2) is 5.76 Å². The lowest BCUT2D eigenvalue weighted by Gasteiger charge is -2.15. The molecule has 4 N–H and O–H groups in total. The minimum atomic E-state index is -3.92. The largest absolute Gasteiger partial charge is 0.397 e. The summed E-state index contributed by atoms with van der Waals surface area (Å²) >= 11 is 0. The van der Waals surface area contributed by atoms with Crippen molar-refractivity contribution in [3.63, 3.8) is 0 Å². The van der Waals surface area contributed by atoms with Crippen molar-refractivity contribution >= 4 is 27.3 Å². The van der Waals surface area contributed by atoms with Crippen LogP contribution in [0.1, 0.15) is 18.4 Å². The lowest BCUT2D eigenvalue weighted by Crippen LogP contribution is -2.41. The van der Waals surface area contributed by atoms with Gasteiger partial charge in [-0.25, -0.2) is 8.42 Å². The summed E-state index contributed by atoms with van der Waals surface area (Å²) in [4.78, 5) is 12.1. The number of nitrogen functional groups attached to an aromatic ring is 1. The Morgan fingerprint density at radius 1 is 1.30 bits per heavy atom. The lowest BCUT2D eigenvalue weighted by molar-refractivity contribution is -0.117. The van der Waals surface area contributed by atoms with E-state index in [9.17, 15) is 13.2 Å². The number of hydrogen-bond donors (Lipinski definition) is 3. The first kappa shape index (κ1) is 17.0. The van der Waals surface area contributed by atoms with Crippen LogP contribution in [-0.4, -0.2) is 25.5 Å². The van der Waals surface area contributed by atoms with Crippen LogP contribution in [0.15, 0.2) is 33.7 Å². The number of rotatable bonds is 5. The van der Waals surface area contributed by atoms with Crippen molar-refractivity contribution in [1.82, 2.24) is 9.88 Å². The van der Waals surface area contributed by atoms with Crippen LogP contribution < -0.4 is 15.8 Å². The van der Waals surface area contributed by atoms with Gasteiger partial charge in [-0.1, -0.05) is 17.3 Å². The molecule has 9 heteroatoms. The van der Waals surface area contributed by atoms with E-state index in [2.05, 4.69) is 15.2 Å². The molecule has 8 nitrogen and oxygen atoms in total. The molecular formula is C14H18N4O4S. The minimum absolute atomic E-state index is 0.0589. The second-order valence-corrected chi connectivity index (χ2v) is 6.72. The molecule has 0 bridgehead atoms. The topological polar surface area (TPSA) is 127 Å². The number of nitrogens with one attached hydrogen (secondary N) is 2. The van der Waals surface area contributed by atoms with Gasteiger partial charge in [0.2, 0.25) is 15.9 Å². The highest BCUT2D eigenvalue weighted by Gasteiger charge is 2.28. The zero-order valence-corrected chi connectivity index (χ0v) is 13.8. The number of benzene rings is 1. The van der Waals surface area contributed by atoms with Crippen molar-refractivity contribution in [3.8, 4) is 0 Å². The Morgan fingerprint density at radius 3 is 2.52 bits per heavy atom. The summed E-state index contributed by atoms with van der Waals surface area (Å²) in [6.07, 6.45) is 0. The predicted octanol–water partition coefficient (Wildman–Crippen LogP) is 1.18. The average molecular weight is 338 g/mol. The molecule has 0 fully saturated rings. The highest BCUT2D eigenvalue weighted by atomic mass is 32.2. The second kappa shape index (κ2) is 6.39. The van der Waals surface area contributed by atoms with E-state index in [0.717, 1.165) is 0 Å². The molecule has 2 aromatic rings. The number of carbonyl (C=O) groups is 1. The Kier molecular flexibility index (Phi) is 4.71. The maximum Gasteiger partial charge on any atom is 0.246 e. The maximum atomic E-state index is 12.4. The smallest absolute Gasteiger partial charge is 0.246 e. The number of para-hydroxylation sites is 2. The van der Waals surface area contributed by atoms with Gasteiger partial charge in [-0.05, 0) is 32.9 Å². The number of aromatic nitrogens is 1. The summed E-state index contributed by atoms with van der Waals surface area (Å²) in [7, 11) is -3.92. The van der Waals surface area contributed by atoms with E-state index in [0.29, 0.717) is 11.4 Å². The van der Waals surface area contributed by atoms with E-state index in [1.165, 1.54) is 20.8 Å². The number of aryl methyl sites for hydroxylation is 2. The van der Waals surface area contributed by atoms with Crippen LogP contribution in [0.3, 0.4) is 0 Å². The van der Waals surface area contributed by atoms with E-state index < -0.39 is 22.0 Å². The van der Waals surface area contributed by atoms with E-state index in [1.807, 2.05) is 0 Å². The van der Waals surface area contributed by atoms with Gasteiger partial charge in [-0.3, -0.25) is 4.79 Å². The second-order valence-electron chi connectivity index (χ2n) is 5.07. The number of nitrogens with two attached hydrogens (primary N) is 1. The highest BCUT2D eigenvalue weighted by Crippen LogP contribution is 2.20. The van der Waals surface area contributed by atoms with Crippen molar-refractivity contribution < 1.29 is 17.7 Å². The fourth-order valence-corrected chi connectivity index (χ4v) is 3.59.